The van der Waals surface area contributed by atoms with Gasteiger partial charge in [0.15, 0.2) is 0 Å². The summed E-state index contributed by atoms with van der Waals surface area (Å²) in [6.45, 7) is 5.08. The van der Waals surface area contributed by atoms with Gasteiger partial charge in [-0.3, -0.25) is 9.69 Å². The van der Waals surface area contributed by atoms with Gasteiger partial charge in [0, 0.05) is 12.1 Å². The average Bonchev–Trinajstić information content (AvgIpc) is 3.25. The first-order valence-corrected chi connectivity index (χ1v) is 8.21. The normalized spacial score (nSPS) is 28.1. The van der Waals surface area contributed by atoms with Crippen LogP contribution in [0.4, 0.5) is 0 Å². The topological polar surface area (TPSA) is 52.6 Å². The van der Waals surface area contributed by atoms with Gasteiger partial charge < -0.3 is 10.4 Å². The maximum atomic E-state index is 12.3. The van der Waals surface area contributed by atoms with Gasteiger partial charge in [0.1, 0.15) is 0 Å². The van der Waals surface area contributed by atoms with Gasteiger partial charge in [-0.15, -0.1) is 0 Å². The van der Waals surface area contributed by atoms with Crippen LogP contribution in [0.2, 0.25) is 0 Å². The van der Waals surface area contributed by atoms with Gasteiger partial charge in [-0.2, -0.15) is 0 Å². The fourth-order valence-corrected chi connectivity index (χ4v) is 3.76. The third-order valence-corrected chi connectivity index (χ3v) is 5.11. The molecule has 1 aliphatic heterocycles. The Balaban J connectivity index is 1.52. The highest BCUT2D eigenvalue weighted by Gasteiger charge is 2.43. The van der Waals surface area contributed by atoms with Gasteiger partial charge in [0.25, 0.3) is 0 Å². The van der Waals surface area contributed by atoms with Gasteiger partial charge in [-0.05, 0) is 70.8 Å². The zero-order valence-electron chi connectivity index (χ0n) is 12.8. The SMILES string of the molecule is CC(C)(O)C1CCCN1CC(=O)NC(C1CC1)C1CC1. The van der Waals surface area contributed by atoms with Crippen molar-refractivity contribution in [3.63, 3.8) is 0 Å². The fourth-order valence-electron chi connectivity index (χ4n) is 3.76. The molecule has 1 unspecified atom stereocenters. The van der Waals surface area contributed by atoms with Crippen molar-refractivity contribution in [2.24, 2.45) is 11.8 Å². The van der Waals surface area contributed by atoms with Gasteiger partial charge in [-0.1, -0.05) is 0 Å². The van der Waals surface area contributed by atoms with E-state index in [1.807, 2.05) is 13.8 Å². The zero-order chi connectivity index (χ0) is 14.3. The molecule has 0 spiro atoms. The third kappa shape index (κ3) is 3.34. The summed E-state index contributed by atoms with van der Waals surface area (Å²) in [6, 6.07) is 0.555. The Hall–Kier alpha value is -0.610. The summed E-state index contributed by atoms with van der Waals surface area (Å²) in [5.74, 6) is 1.65. The van der Waals surface area contributed by atoms with E-state index in [2.05, 4.69) is 10.2 Å². The number of likely N-dealkylation sites (tertiary alicyclic amines) is 1. The summed E-state index contributed by atoms with van der Waals surface area (Å²) in [7, 11) is 0. The van der Waals surface area contributed by atoms with Crippen LogP contribution in [0.25, 0.3) is 0 Å². The summed E-state index contributed by atoms with van der Waals surface area (Å²) in [6.07, 6.45) is 7.23. The first kappa shape index (κ1) is 14.3. The molecule has 2 aliphatic carbocycles. The summed E-state index contributed by atoms with van der Waals surface area (Å²) < 4.78 is 0. The molecule has 3 aliphatic rings. The van der Waals surface area contributed by atoms with Crippen LogP contribution in [0.3, 0.4) is 0 Å². The summed E-state index contributed by atoms with van der Waals surface area (Å²) in [5.41, 5.74) is -0.719. The average molecular weight is 280 g/mol. The van der Waals surface area contributed by atoms with Crippen LogP contribution in [0.5, 0.6) is 0 Å². The first-order chi connectivity index (χ1) is 9.45. The number of carbonyl (C=O) groups excluding carboxylic acids is 1. The molecule has 1 heterocycles. The highest BCUT2D eigenvalue weighted by atomic mass is 16.3. The minimum absolute atomic E-state index is 0.119. The van der Waals surface area contributed by atoms with Crippen LogP contribution in [-0.4, -0.2) is 46.7 Å². The lowest BCUT2D eigenvalue weighted by atomic mass is 9.96. The smallest absolute Gasteiger partial charge is 0.234 e. The van der Waals surface area contributed by atoms with Crippen molar-refractivity contribution in [2.45, 2.75) is 70.1 Å². The lowest BCUT2D eigenvalue weighted by Crippen LogP contribution is -2.50. The standard InChI is InChI=1S/C16H28N2O2/c1-16(2,20)13-4-3-9-18(13)10-14(19)17-15(11-5-6-11)12-7-8-12/h11-13,15,20H,3-10H2,1-2H3,(H,17,19). The van der Waals surface area contributed by atoms with Crippen molar-refractivity contribution in [2.75, 3.05) is 13.1 Å². The summed E-state index contributed by atoms with van der Waals surface area (Å²) >= 11 is 0. The number of carbonyl (C=O) groups is 1. The molecule has 0 radical (unpaired) electrons. The van der Waals surface area contributed by atoms with Crippen LogP contribution in [-0.2, 0) is 4.79 Å². The van der Waals surface area contributed by atoms with E-state index < -0.39 is 5.60 Å². The summed E-state index contributed by atoms with van der Waals surface area (Å²) in [4.78, 5) is 14.5. The third-order valence-electron chi connectivity index (χ3n) is 5.11. The quantitative estimate of drug-likeness (QED) is 0.776. The molecule has 2 N–H and O–H groups in total. The van der Waals surface area contributed by atoms with Crippen molar-refractivity contribution in [1.29, 1.82) is 0 Å². The van der Waals surface area contributed by atoms with E-state index in [9.17, 15) is 9.90 Å². The second-order valence-electron chi connectivity index (χ2n) is 7.55. The van der Waals surface area contributed by atoms with E-state index in [1.54, 1.807) is 0 Å². The van der Waals surface area contributed by atoms with Crippen molar-refractivity contribution in [3.05, 3.63) is 0 Å². The van der Waals surface area contributed by atoms with E-state index in [0.717, 1.165) is 31.2 Å². The number of aliphatic hydroxyl groups is 1. The molecular formula is C16H28N2O2. The molecular weight excluding hydrogens is 252 g/mol. The summed E-state index contributed by atoms with van der Waals surface area (Å²) in [5, 5.41) is 13.5. The predicted molar refractivity (Wildman–Crippen MR) is 78.3 cm³/mol. The Labute approximate surface area is 121 Å². The lowest BCUT2D eigenvalue weighted by molar-refractivity contribution is -0.124. The number of hydrogen-bond acceptors (Lipinski definition) is 3. The van der Waals surface area contributed by atoms with Crippen molar-refractivity contribution >= 4 is 5.91 Å². The van der Waals surface area contributed by atoms with E-state index in [1.165, 1.54) is 25.7 Å². The molecule has 0 aromatic rings. The largest absolute Gasteiger partial charge is 0.389 e. The van der Waals surface area contributed by atoms with Crippen LogP contribution < -0.4 is 5.32 Å². The zero-order valence-corrected chi connectivity index (χ0v) is 12.8. The van der Waals surface area contributed by atoms with Gasteiger partial charge in [0.05, 0.1) is 12.1 Å². The molecule has 1 atom stereocenters. The minimum Gasteiger partial charge on any atom is -0.389 e. The lowest BCUT2D eigenvalue weighted by Gasteiger charge is -2.33. The molecule has 2 saturated carbocycles. The van der Waals surface area contributed by atoms with E-state index in [4.69, 9.17) is 0 Å². The molecule has 1 saturated heterocycles. The molecule has 4 heteroatoms. The fraction of sp³-hybridized carbons (Fsp3) is 0.938. The number of nitrogens with zero attached hydrogens (tertiary/aromatic N) is 1. The second kappa shape index (κ2) is 5.30. The van der Waals surface area contributed by atoms with Crippen LogP contribution in [0, 0.1) is 11.8 Å². The predicted octanol–water partition coefficient (Wildman–Crippen LogP) is 1.53. The molecule has 3 fully saturated rings. The van der Waals surface area contributed by atoms with E-state index in [0.29, 0.717) is 12.6 Å². The molecule has 1 amide bonds. The molecule has 0 aromatic heterocycles. The van der Waals surface area contributed by atoms with Crippen LogP contribution in [0.15, 0.2) is 0 Å². The Morgan fingerprint density at radius 2 is 1.85 bits per heavy atom. The van der Waals surface area contributed by atoms with Crippen molar-refractivity contribution in [1.82, 2.24) is 10.2 Å². The Bertz CT molecular complexity index is 357. The van der Waals surface area contributed by atoms with E-state index in [-0.39, 0.29) is 11.9 Å². The second-order valence-corrected chi connectivity index (χ2v) is 7.55. The molecule has 3 rings (SSSR count). The highest BCUT2D eigenvalue weighted by molar-refractivity contribution is 5.78. The Morgan fingerprint density at radius 3 is 2.35 bits per heavy atom. The van der Waals surface area contributed by atoms with Gasteiger partial charge >= 0.3 is 0 Å². The molecule has 114 valence electrons. The van der Waals surface area contributed by atoms with Gasteiger partial charge in [-0.25, -0.2) is 0 Å². The monoisotopic (exact) mass is 280 g/mol. The molecule has 0 bridgehead atoms. The number of rotatable bonds is 6. The van der Waals surface area contributed by atoms with Crippen LogP contribution >= 0.6 is 0 Å². The van der Waals surface area contributed by atoms with Gasteiger partial charge in [0.2, 0.25) is 5.91 Å². The number of nitrogens with one attached hydrogen (secondary N) is 1. The first-order valence-electron chi connectivity index (χ1n) is 8.21. The number of amides is 1. The van der Waals surface area contributed by atoms with Crippen molar-refractivity contribution in [3.8, 4) is 0 Å². The van der Waals surface area contributed by atoms with E-state index >= 15 is 0 Å². The number of hydrogen-bond donors (Lipinski definition) is 2. The van der Waals surface area contributed by atoms with Crippen molar-refractivity contribution < 1.29 is 9.90 Å². The molecule has 0 aromatic carbocycles. The Morgan fingerprint density at radius 1 is 1.25 bits per heavy atom. The minimum atomic E-state index is -0.719. The molecule has 4 nitrogen and oxygen atoms in total. The maximum Gasteiger partial charge on any atom is 0.234 e. The molecule has 20 heavy (non-hydrogen) atoms. The maximum absolute atomic E-state index is 12.3. The highest BCUT2D eigenvalue weighted by Crippen LogP contribution is 2.44. The Kier molecular flexibility index (Phi) is 3.80. The van der Waals surface area contributed by atoms with Crippen LogP contribution in [0.1, 0.15) is 52.4 Å².